The summed E-state index contributed by atoms with van der Waals surface area (Å²) in [5.41, 5.74) is 3.96. The zero-order chi connectivity index (χ0) is 26.7. The number of methoxy groups -OCH3 is 1. The molecule has 0 unspecified atom stereocenters. The fourth-order valence-electron chi connectivity index (χ4n) is 3.14. The number of rotatable bonds is 13. The van der Waals surface area contributed by atoms with Crippen LogP contribution >= 0.6 is 22.6 Å². The molecular formula is C25H30IN3O7. The van der Waals surface area contributed by atoms with Crippen LogP contribution in [0, 0.1) is 16.4 Å². The molecule has 36 heavy (non-hydrogen) atoms. The molecular weight excluding hydrogens is 581 g/mol. The third-order valence-corrected chi connectivity index (χ3v) is 5.59. The Morgan fingerprint density at radius 1 is 1.11 bits per heavy atom. The van der Waals surface area contributed by atoms with E-state index in [1.165, 1.54) is 13.3 Å². The van der Waals surface area contributed by atoms with Crippen molar-refractivity contribution in [3.8, 4) is 17.2 Å². The molecule has 194 valence electrons. The van der Waals surface area contributed by atoms with E-state index in [0.29, 0.717) is 32.8 Å². The molecule has 0 aliphatic heterocycles. The summed E-state index contributed by atoms with van der Waals surface area (Å²) in [7, 11) is 1.43. The lowest BCUT2D eigenvalue weighted by molar-refractivity contribution is -0.139. The van der Waals surface area contributed by atoms with Gasteiger partial charge >= 0.3 is 5.97 Å². The highest BCUT2D eigenvalue weighted by atomic mass is 127. The van der Waals surface area contributed by atoms with Gasteiger partial charge in [0.2, 0.25) is 0 Å². The monoisotopic (exact) mass is 611 g/mol. The minimum absolute atomic E-state index is 0.145. The second kappa shape index (κ2) is 14.3. The van der Waals surface area contributed by atoms with Crippen LogP contribution in [0.25, 0.3) is 0 Å². The maximum absolute atomic E-state index is 12.7. The molecule has 0 aliphatic carbocycles. The third kappa shape index (κ3) is 9.36. The van der Waals surface area contributed by atoms with Crippen molar-refractivity contribution in [2.24, 2.45) is 11.0 Å². The van der Waals surface area contributed by atoms with E-state index in [0.717, 1.165) is 5.56 Å². The predicted octanol–water partition coefficient (Wildman–Crippen LogP) is 3.13. The molecule has 10 nitrogen and oxygen atoms in total. The lowest BCUT2D eigenvalue weighted by atomic mass is 10.0. The van der Waals surface area contributed by atoms with E-state index in [4.69, 9.17) is 19.3 Å². The summed E-state index contributed by atoms with van der Waals surface area (Å²) in [4.78, 5) is 36.0. The molecule has 0 saturated heterocycles. The first-order valence-corrected chi connectivity index (χ1v) is 12.2. The lowest BCUT2D eigenvalue weighted by Crippen LogP contribution is -2.47. The van der Waals surface area contributed by atoms with Crippen LogP contribution in [0.2, 0.25) is 0 Å². The Hall–Kier alpha value is -3.35. The number of nitrogens with one attached hydrogen (secondary N) is 2. The molecule has 2 aromatic rings. The Morgan fingerprint density at radius 2 is 1.83 bits per heavy atom. The van der Waals surface area contributed by atoms with Crippen molar-refractivity contribution >= 4 is 46.6 Å². The van der Waals surface area contributed by atoms with Gasteiger partial charge in [0, 0.05) is 0 Å². The number of carbonyl (C=O) groups excluding carboxylic acids is 2. The predicted molar refractivity (Wildman–Crippen MR) is 143 cm³/mol. The van der Waals surface area contributed by atoms with Crippen LogP contribution in [-0.2, 0) is 14.4 Å². The van der Waals surface area contributed by atoms with Crippen molar-refractivity contribution < 1.29 is 33.7 Å². The summed E-state index contributed by atoms with van der Waals surface area (Å²) in [6, 6.07) is 9.86. The molecule has 2 rings (SSSR count). The molecule has 0 saturated carbocycles. The summed E-state index contributed by atoms with van der Waals surface area (Å²) < 4.78 is 16.7. The van der Waals surface area contributed by atoms with Crippen LogP contribution in [0.3, 0.4) is 0 Å². The highest BCUT2D eigenvalue weighted by Crippen LogP contribution is 2.33. The molecule has 11 heteroatoms. The van der Waals surface area contributed by atoms with Crippen molar-refractivity contribution in [3.05, 3.63) is 51.1 Å². The molecule has 0 fully saturated rings. The first kappa shape index (κ1) is 28.9. The summed E-state index contributed by atoms with van der Waals surface area (Å²) in [6.45, 7) is 5.05. The van der Waals surface area contributed by atoms with Gasteiger partial charge < -0.3 is 24.6 Å². The zero-order valence-corrected chi connectivity index (χ0v) is 22.7. The van der Waals surface area contributed by atoms with Crippen LogP contribution in [0.15, 0.2) is 41.5 Å². The Labute approximate surface area is 223 Å². The van der Waals surface area contributed by atoms with Crippen LogP contribution in [0.5, 0.6) is 17.2 Å². The molecule has 0 radical (unpaired) electrons. The summed E-state index contributed by atoms with van der Waals surface area (Å²) in [5.74, 6) is -0.612. The summed E-state index contributed by atoms with van der Waals surface area (Å²) in [6.07, 6.45) is 1.83. The number of amides is 2. The Balaban J connectivity index is 2.02. The van der Waals surface area contributed by atoms with Crippen LogP contribution in [0.4, 0.5) is 0 Å². The molecule has 0 spiro atoms. The number of aryl methyl sites for hydroxylation is 1. The second-order valence-electron chi connectivity index (χ2n) is 8.25. The summed E-state index contributed by atoms with van der Waals surface area (Å²) >= 11 is 1.99. The Kier molecular flexibility index (Phi) is 11.4. The van der Waals surface area contributed by atoms with E-state index in [9.17, 15) is 14.4 Å². The molecule has 0 heterocycles. The van der Waals surface area contributed by atoms with Gasteiger partial charge in [-0.1, -0.05) is 32.0 Å². The number of aliphatic carboxylic acids is 1. The zero-order valence-electron chi connectivity index (χ0n) is 20.5. The molecule has 2 aromatic carbocycles. The van der Waals surface area contributed by atoms with E-state index < -0.39 is 30.4 Å². The van der Waals surface area contributed by atoms with Crippen LogP contribution in [-0.4, -0.2) is 55.5 Å². The number of hydrazone groups is 1. The van der Waals surface area contributed by atoms with Gasteiger partial charge in [0.15, 0.2) is 24.7 Å². The number of hydrogen-bond donors (Lipinski definition) is 3. The van der Waals surface area contributed by atoms with E-state index in [1.54, 1.807) is 18.2 Å². The minimum Gasteiger partial charge on any atom is -0.493 e. The quantitative estimate of drug-likeness (QED) is 0.180. The molecule has 1 atom stereocenters. The molecule has 0 aliphatic rings. The van der Waals surface area contributed by atoms with E-state index in [-0.39, 0.29) is 12.5 Å². The molecule has 2 amide bonds. The fraction of sp³-hybridized carbons (Fsp3) is 0.360. The van der Waals surface area contributed by atoms with Gasteiger partial charge in [-0.25, -0.2) is 10.2 Å². The summed E-state index contributed by atoms with van der Waals surface area (Å²) in [5, 5.41) is 15.5. The lowest BCUT2D eigenvalue weighted by Gasteiger charge is -2.19. The maximum Gasteiger partial charge on any atom is 0.341 e. The highest BCUT2D eigenvalue weighted by Gasteiger charge is 2.22. The number of para-hydroxylation sites is 1. The van der Waals surface area contributed by atoms with Gasteiger partial charge in [-0.05, 0) is 71.2 Å². The largest absolute Gasteiger partial charge is 0.493 e. The molecule has 0 bridgehead atoms. The Morgan fingerprint density at radius 3 is 2.47 bits per heavy atom. The Bertz CT molecular complexity index is 1110. The van der Waals surface area contributed by atoms with Gasteiger partial charge in [0.25, 0.3) is 11.8 Å². The third-order valence-electron chi connectivity index (χ3n) is 4.79. The number of hydrogen-bond acceptors (Lipinski definition) is 7. The first-order chi connectivity index (χ1) is 17.1. The first-order valence-electron chi connectivity index (χ1n) is 11.1. The standard InChI is InChI=1S/C25H30IN3O7/c1-15(2)9-19(28-22(30)13-35-20-8-6-5-7-16(20)3)25(33)29-27-12-17-10-18(26)24(21(11-17)34-4)36-14-23(31)32/h5-8,10-12,15,19H,9,13-14H2,1-4H3,(H,28,30)(H,29,33)(H,31,32)/b27-12-/t19-/m0/s1. The number of nitrogens with zero attached hydrogens (tertiary/aromatic N) is 1. The number of carbonyl (C=O) groups is 3. The topological polar surface area (TPSA) is 136 Å². The number of halogens is 1. The number of carboxylic acids is 1. The van der Waals surface area contributed by atoms with Crippen molar-refractivity contribution in [1.82, 2.24) is 10.7 Å². The molecule has 0 aromatic heterocycles. The number of carboxylic acid groups (broad SMARTS) is 1. The van der Waals surface area contributed by atoms with Crippen molar-refractivity contribution in [3.63, 3.8) is 0 Å². The van der Waals surface area contributed by atoms with Crippen LogP contribution in [0.1, 0.15) is 31.4 Å². The van der Waals surface area contributed by atoms with Crippen LogP contribution < -0.4 is 25.0 Å². The van der Waals surface area contributed by atoms with Gasteiger partial charge in [-0.15, -0.1) is 0 Å². The van der Waals surface area contributed by atoms with Gasteiger partial charge in [0.1, 0.15) is 11.8 Å². The van der Waals surface area contributed by atoms with E-state index in [1.807, 2.05) is 61.6 Å². The van der Waals surface area contributed by atoms with E-state index in [2.05, 4.69) is 15.8 Å². The number of ether oxygens (including phenoxy) is 3. The normalized spacial score (nSPS) is 11.7. The second-order valence-corrected chi connectivity index (χ2v) is 9.42. The average Bonchev–Trinajstić information content (AvgIpc) is 2.81. The van der Waals surface area contributed by atoms with Crippen molar-refractivity contribution in [2.45, 2.75) is 33.2 Å². The van der Waals surface area contributed by atoms with Gasteiger partial charge in [-0.3, -0.25) is 9.59 Å². The smallest absolute Gasteiger partial charge is 0.341 e. The van der Waals surface area contributed by atoms with Gasteiger partial charge in [0.05, 0.1) is 16.9 Å². The van der Waals surface area contributed by atoms with Crippen molar-refractivity contribution in [1.29, 1.82) is 0 Å². The maximum atomic E-state index is 12.7. The van der Waals surface area contributed by atoms with E-state index >= 15 is 0 Å². The molecule has 3 N–H and O–H groups in total. The average molecular weight is 611 g/mol. The number of benzene rings is 2. The highest BCUT2D eigenvalue weighted by molar-refractivity contribution is 14.1. The SMILES string of the molecule is COc1cc(/C=N\NC(=O)[C@H](CC(C)C)NC(=O)COc2ccccc2C)cc(I)c1OCC(=O)O. The fourth-order valence-corrected chi connectivity index (χ4v) is 3.92. The minimum atomic E-state index is -1.11. The van der Waals surface area contributed by atoms with Crippen molar-refractivity contribution in [2.75, 3.05) is 20.3 Å². The van der Waals surface area contributed by atoms with Gasteiger partial charge in [-0.2, -0.15) is 5.10 Å².